The molecule has 0 saturated carbocycles. The van der Waals surface area contributed by atoms with E-state index in [0.717, 1.165) is 0 Å². The van der Waals surface area contributed by atoms with E-state index in [2.05, 4.69) is 10.6 Å². The molecular weight excluding hydrogens is 412 g/mol. The fourth-order valence-corrected chi connectivity index (χ4v) is 6.04. The summed E-state index contributed by atoms with van der Waals surface area (Å²) >= 11 is 1.42. The largest absolute Gasteiger partial charge is 0.477 e. The van der Waals surface area contributed by atoms with Crippen LogP contribution in [0, 0.1) is 11.8 Å². The van der Waals surface area contributed by atoms with Gasteiger partial charge in [-0.2, -0.15) is 0 Å². The van der Waals surface area contributed by atoms with E-state index in [1.54, 1.807) is 21.0 Å². The molecule has 0 aliphatic carbocycles. The highest BCUT2D eigenvalue weighted by Gasteiger charge is 2.60. The number of β-lactam (4-membered cyclic amide) rings is 1. The number of hydrogen-bond donors (Lipinski definition) is 4. The number of carboxylic acid groups (broad SMARTS) is 1. The Bertz CT molecular complexity index is 800. The number of carbonyl (C=O) groups is 4. The minimum Gasteiger partial charge on any atom is -0.477 e. The zero-order valence-corrected chi connectivity index (χ0v) is 18.2. The molecule has 2 saturated heterocycles. The summed E-state index contributed by atoms with van der Waals surface area (Å²) in [4.78, 5) is 51.9. The summed E-state index contributed by atoms with van der Waals surface area (Å²) in [5.74, 6) is -2.84. The minimum absolute atomic E-state index is 0.00169. The minimum atomic E-state index is -1.16. The van der Waals surface area contributed by atoms with E-state index >= 15 is 0 Å². The zero-order chi connectivity index (χ0) is 22.3. The predicted octanol–water partition coefficient (Wildman–Crippen LogP) is -1.19. The standard InChI is InChI=1S/C19H28N4O6S/c1-8-14-13(9(2)21-12(25)7-24)18(27)23(14)15(19(28)29)16(8)30-10-5-11(20-6-10)17(26)22(3)4/h8-11,13-14,20,24H,5-7H2,1-4H3,(H,21,25)(H,28,29)/t8-,9?,10+,11+,13-,14-/m1/s1. The molecule has 3 aliphatic rings. The summed E-state index contributed by atoms with van der Waals surface area (Å²) in [6.07, 6.45) is 0.579. The Kier molecular flexibility index (Phi) is 6.44. The highest BCUT2D eigenvalue weighted by molar-refractivity contribution is 8.03. The van der Waals surface area contributed by atoms with Gasteiger partial charge in [0.15, 0.2) is 0 Å². The summed E-state index contributed by atoms with van der Waals surface area (Å²) in [5, 5.41) is 24.5. The second-order valence-electron chi connectivity index (χ2n) is 8.21. The lowest BCUT2D eigenvalue weighted by Gasteiger charge is -2.47. The van der Waals surface area contributed by atoms with Crippen molar-refractivity contribution in [1.29, 1.82) is 0 Å². The number of carboxylic acids is 1. The predicted molar refractivity (Wildman–Crippen MR) is 109 cm³/mol. The van der Waals surface area contributed by atoms with Gasteiger partial charge < -0.3 is 30.6 Å². The van der Waals surface area contributed by atoms with Gasteiger partial charge in [-0.25, -0.2) is 4.79 Å². The number of aliphatic hydroxyl groups is 1. The van der Waals surface area contributed by atoms with E-state index in [9.17, 15) is 24.3 Å². The fourth-order valence-electron chi connectivity index (χ4n) is 4.56. The van der Waals surface area contributed by atoms with Gasteiger partial charge in [0.05, 0.1) is 18.0 Å². The van der Waals surface area contributed by atoms with Crippen molar-refractivity contribution in [3.63, 3.8) is 0 Å². The van der Waals surface area contributed by atoms with Crippen molar-refractivity contribution in [2.45, 2.75) is 43.6 Å². The van der Waals surface area contributed by atoms with Crippen molar-refractivity contribution in [2.75, 3.05) is 27.2 Å². The highest BCUT2D eigenvalue weighted by atomic mass is 32.2. The first-order chi connectivity index (χ1) is 14.1. The number of nitrogens with one attached hydrogen (secondary N) is 2. The molecule has 0 radical (unpaired) electrons. The smallest absolute Gasteiger partial charge is 0.353 e. The first kappa shape index (κ1) is 22.6. The van der Waals surface area contributed by atoms with Crippen molar-refractivity contribution >= 4 is 35.5 Å². The molecule has 3 aliphatic heterocycles. The Labute approximate surface area is 179 Å². The topological polar surface area (TPSA) is 139 Å². The number of carbonyl (C=O) groups excluding carboxylic acids is 3. The maximum absolute atomic E-state index is 12.8. The highest BCUT2D eigenvalue weighted by Crippen LogP contribution is 2.51. The third-order valence-corrected chi connectivity index (χ3v) is 7.50. The second-order valence-corrected chi connectivity index (χ2v) is 9.56. The molecule has 166 valence electrons. The van der Waals surface area contributed by atoms with Crippen LogP contribution in [0.1, 0.15) is 20.3 Å². The summed E-state index contributed by atoms with van der Waals surface area (Å²) in [6.45, 7) is 3.48. The third-order valence-electron chi connectivity index (χ3n) is 5.99. The van der Waals surface area contributed by atoms with Gasteiger partial charge in [-0.15, -0.1) is 11.8 Å². The van der Waals surface area contributed by atoms with Crippen molar-refractivity contribution < 1.29 is 29.4 Å². The maximum Gasteiger partial charge on any atom is 0.353 e. The van der Waals surface area contributed by atoms with Crippen LogP contribution in [0.4, 0.5) is 0 Å². The van der Waals surface area contributed by atoms with Crippen LogP contribution in [0.25, 0.3) is 0 Å². The second kappa shape index (κ2) is 8.56. The van der Waals surface area contributed by atoms with Crippen LogP contribution in [-0.4, -0.2) is 94.3 Å². The maximum atomic E-state index is 12.8. The Morgan fingerprint density at radius 1 is 1.37 bits per heavy atom. The molecule has 0 aromatic rings. The SMILES string of the molecule is CC(NC(=O)CO)[C@H]1C(=O)N2C(C(=O)O)=C(S[C@@H]3CN[C@H](C(=O)N(C)C)C3)[C@H](C)[C@H]12. The fraction of sp³-hybridized carbons (Fsp3) is 0.684. The Hall–Kier alpha value is -2.11. The summed E-state index contributed by atoms with van der Waals surface area (Å²) in [5.41, 5.74) is 0.00169. The van der Waals surface area contributed by atoms with E-state index in [1.165, 1.54) is 21.6 Å². The van der Waals surface area contributed by atoms with Crippen molar-refractivity contribution in [1.82, 2.24) is 20.4 Å². The van der Waals surface area contributed by atoms with Gasteiger partial charge in [0.1, 0.15) is 12.3 Å². The number of fused-ring (bicyclic) bond motifs is 1. The molecule has 0 aromatic heterocycles. The van der Waals surface area contributed by atoms with E-state index in [0.29, 0.717) is 17.9 Å². The molecule has 0 aromatic carbocycles. The lowest BCUT2D eigenvalue weighted by Crippen LogP contribution is -2.66. The average Bonchev–Trinajstić information content (AvgIpc) is 3.23. The molecule has 10 nitrogen and oxygen atoms in total. The van der Waals surface area contributed by atoms with E-state index < -0.39 is 30.4 Å². The summed E-state index contributed by atoms with van der Waals surface area (Å²) in [6, 6.07) is -1.17. The van der Waals surface area contributed by atoms with E-state index in [4.69, 9.17) is 5.11 Å². The summed E-state index contributed by atoms with van der Waals surface area (Å²) in [7, 11) is 3.39. The monoisotopic (exact) mass is 440 g/mol. The van der Waals surface area contributed by atoms with Gasteiger partial charge in [0, 0.05) is 42.8 Å². The molecular formula is C19H28N4O6S. The van der Waals surface area contributed by atoms with Crippen LogP contribution in [0.2, 0.25) is 0 Å². The quantitative estimate of drug-likeness (QED) is 0.363. The molecule has 3 rings (SSSR count). The normalized spacial score (nSPS) is 31.3. The van der Waals surface area contributed by atoms with Gasteiger partial charge in [-0.05, 0) is 13.3 Å². The van der Waals surface area contributed by atoms with Crippen LogP contribution >= 0.6 is 11.8 Å². The van der Waals surface area contributed by atoms with Crippen LogP contribution in [0.3, 0.4) is 0 Å². The van der Waals surface area contributed by atoms with Gasteiger partial charge in [0.2, 0.25) is 17.7 Å². The van der Waals surface area contributed by atoms with Crippen molar-refractivity contribution in [3.05, 3.63) is 10.6 Å². The Morgan fingerprint density at radius 2 is 2.03 bits per heavy atom. The number of aliphatic carboxylic acids is 1. The molecule has 3 amide bonds. The molecule has 11 heteroatoms. The first-order valence-corrected chi connectivity index (χ1v) is 10.8. The first-order valence-electron chi connectivity index (χ1n) is 9.90. The third kappa shape index (κ3) is 3.81. The molecule has 4 N–H and O–H groups in total. The van der Waals surface area contributed by atoms with Gasteiger partial charge in [0.25, 0.3) is 0 Å². The van der Waals surface area contributed by atoms with Crippen LogP contribution < -0.4 is 10.6 Å². The molecule has 0 bridgehead atoms. The zero-order valence-electron chi connectivity index (χ0n) is 17.4. The van der Waals surface area contributed by atoms with Gasteiger partial charge in [-0.3, -0.25) is 14.4 Å². The van der Waals surface area contributed by atoms with Crippen LogP contribution in [0.5, 0.6) is 0 Å². The average molecular weight is 441 g/mol. The number of aliphatic hydroxyl groups excluding tert-OH is 1. The van der Waals surface area contributed by atoms with Gasteiger partial charge >= 0.3 is 5.97 Å². The van der Waals surface area contributed by atoms with Crippen molar-refractivity contribution in [2.24, 2.45) is 11.8 Å². The molecule has 6 atom stereocenters. The molecule has 30 heavy (non-hydrogen) atoms. The molecule has 1 unspecified atom stereocenters. The lowest BCUT2D eigenvalue weighted by atomic mass is 9.78. The van der Waals surface area contributed by atoms with E-state index in [-0.39, 0.29) is 40.8 Å². The number of amides is 3. The molecule has 0 spiro atoms. The Balaban J connectivity index is 1.76. The number of thioether (sulfide) groups is 1. The van der Waals surface area contributed by atoms with Crippen molar-refractivity contribution in [3.8, 4) is 0 Å². The lowest BCUT2D eigenvalue weighted by molar-refractivity contribution is -0.158. The van der Waals surface area contributed by atoms with Crippen LogP contribution in [-0.2, 0) is 19.2 Å². The number of nitrogens with zero attached hydrogens (tertiary/aromatic N) is 2. The molecule has 2 fully saturated rings. The van der Waals surface area contributed by atoms with Crippen LogP contribution in [0.15, 0.2) is 10.6 Å². The Morgan fingerprint density at radius 3 is 2.60 bits per heavy atom. The number of likely N-dealkylation sites (N-methyl/N-ethyl adjacent to an activating group) is 1. The number of hydrogen-bond acceptors (Lipinski definition) is 7. The number of rotatable bonds is 7. The molecule has 3 heterocycles. The van der Waals surface area contributed by atoms with E-state index in [1.807, 2.05) is 6.92 Å². The summed E-state index contributed by atoms with van der Waals surface area (Å²) < 4.78 is 0. The van der Waals surface area contributed by atoms with Gasteiger partial charge in [-0.1, -0.05) is 6.92 Å².